The molecular weight excluding hydrogens is 1390 g/mol. The molecule has 0 unspecified atom stereocenters. The summed E-state index contributed by atoms with van der Waals surface area (Å²) < 4.78 is 0. The SMILES string of the molecule is CC[C@H](C)[C@H](NC(=O)[C@H](CCCN=C(N)N)NC(=O)[C@H](Cc1ccc(O)cc1)NC(=O)[C@H](Cc1c[nH]c2ccccc12)NC(=O)[C@H](Cc1ccc(O)cc1)NC(=O)[C@@H](N)CO)C(=O)N[C@@H](CCC(=O)O)C(=O)N[C@@H](C)C(=O)N[C@@H](CO)C(=O)N[C@@H](CCCN=C(N)N)C(=O)N[C@H](C(=O)NCC(=O)O)[C@@H](C)O. The Kier molecular flexibility index (Phi) is 35.5. The molecule has 39 nitrogen and oxygen atoms in total. The Morgan fingerprint density at radius 3 is 1.36 bits per heavy atom. The largest absolute Gasteiger partial charge is 0.508 e. The van der Waals surface area contributed by atoms with Crippen LogP contribution in [0.2, 0.25) is 0 Å². The van der Waals surface area contributed by atoms with Crippen LogP contribution >= 0.6 is 0 Å². The number of aliphatic hydroxyl groups is 3. The summed E-state index contributed by atoms with van der Waals surface area (Å²) in [6.07, 6.45) is -2.49. The Labute approximate surface area is 608 Å². The second-order valence-electron chi connectivity index (χ2n) is 25.0. The summed E-state index contributed by atoms with van der Waals surface area (Å²) in [5.74, 6) is -16.2. The van der Waals surface area contributed by atoms with Crippen molar-refractivity contribution in [2.24, 2.45) is 44.6 Å². The molecule has 1 aromatic heterocycles. The number of guanidine groups is 2. The molecule has 0 aliphatic carbocycles. The number of aromatic hydroxyl groups is 2. The van der Waals surface area contributed by atoms with Crippen molar-refractivity contribution in [2.45, 2.75) is 164 Å². The molecule has 0 saturated heterocycles. The number of fused-ring (bicyclic) bond motifs is 1. The third-order valence-corrected chi connectivity index (χ3v) is 16.6. The van der Waals surface area contributed by atoms with Crippen LogP contribution in [0.4, 0.5) is 0 Å². The first-order valence-corrected chi connectivity index (χ1v) is 33.8. The highest BCUT2D eigenvalue weighted by Gasteiger charge is 2.38. The van der Waals surface area contributed by atoms with Gasteiger partial charge in [-0.05, 0) is 98.9 Å². The van der Waals surface area contributed by atoms with Gasteiger partial charge in [0.15, 0.2) is 11.9 Å². The number of carboxylic acid groups (broad SMARTS) is 2. The zero-order valence-electron chi connectivity index (χ0n) is 58.8. The van der Waals surface area contributed by atoms with Gasteiger partial charge < -0.3 is 128 Å². The van der Waals surface area contributed by atoms with E-state index in [0.29, 0.717) is 27.6 Å². The number of para-hydroxylation sites is 1. The summed E-state index contributed by atoms with van der Waals surface area (Å²) >= 11 is 0. The predicted molar refractivity (Wildman–Crippen MR) is 381 cm³/mol. The number of aliphatic imine (C=N–C) groups is 2. The first-order chi connectivity index (χ1) is 50.1. The number of amides is 11. The van der Waals surface area contributed by atoms with Gasteiger partial charge in [0.05, 0.1) is 19.3 Å². The molecule has 13 atom stereocenters. The zero-order valence-corrected chi connectivity index (χ0v) is 58.8. The number of H-pyrrole nitrogens is 1. The van der Waals surface area contributed by atoms with Crippen LogP contribution in [-0.2, 0) is 81.6 Å². The fraction of sp³-hybridized carbons (Fsp3) is 0.478. The first-order valence-electron chi connectivity index (χ1n) is 33.8. The number of aromatic amines is 1. The van der Waals surface area contributed by atoms with Crippen molar-refractivity contribution in [3.8, 4) is 11.5 Å². The van der Waals surface area contributed by atoms with E-state index in [4.69, 9.17) is 33.8 Å². The molecule has 4 rings (SSSR count). The summed E-state index contributed by atoms with van der Waals surface area (Å²) in [7, 11) is 0. The van der Waals surface area contributed by atoms with E-state index in [0.717, 1.165) is 13.8 Å². The Morgan fingerprint density at radius 2 is 0.896 bits per heavy atom. The molecule has 580 valence electrons. The standard InChI is InChI=1S/C67H97N19O20/c1-5-33(2)53(65(106)80-46(22-23-51(92)93)57(98)77-34(3)55(96)84-50(32-88)63(104)79-45(13-9-25-74-67(71)72)59(100)86-54(35(4)89)64(105)76-30-52(94)95)85-58(99)44(12-8-24-73-66(69)70)78-60(101)48(27-37-16-20-40(91)21-17-37)82-62(103)49(28-38-29-75-43-11-7-6-10-41(38)43)83-61(102)47(81-56(97)42(68)31-87)26-36-14-18-39(90)19-15-36/h6-7,10-11,14-21,29,33-35,42,44-50,53-54,75,87-91H,5,8-9,12-13,22-28,30-32,68H2,1-4H3,(H,76,105)(H,77,98)(H,78,101)(H,79,104)(H,80,106)(H,81,97)(H,82,103)(H,83,102)(H,84,96)(H,85,99)(H,86,100)(H,92,93)(H,94,95)(H4,69,70,73)(H4,71,72,74)/t33-,34-,35+,42-,44-,45-,46-,47-,48-,49-,50-,53-,54-/m0/s1. The number of carbonyl (C=O) groups excluding carboxylic acids is 11. The molecular formula is C67H97N19O20. The normalized spacial score (nSPS) is 14.7. The number of nitrogens with two attached hydrogens (primary N) is 5. The number of nitrogens with one attached hydrogen (secondary N) is 12. The van der Waals surface area contributed by atoms with Crippen LogP contribution in [0.25, 0.3) is 10.9 Å². The highest BCUT2D eigenvalue weighted by atomic mass is 16.4. The molecule has 4 aromatic rings. The van der Waals surface area contributed by atoms with Crippen molar-refractivity contribution in [3.05, 3.63) is 95.7 Å². The van der Waals surface area contributed by atoms with Gasteiger partial charge in [-0.1, -0.05) is 62.7 Å². The summed E-state index contributed by atoms with van der Waals surface area (Å²) in [5, 5.41) is 96.6. The van der Waals surface area contributed by atoms with Crippen LogP contribution in [0.3, 0.4) is 0 Å². The van der Waals surface area contributed by atoms with Crippen LogP contribution in [-0.4, -0.2) is 235 Å². The van der Waals surface area contributed by atoms with Crippen LogP contribution in [0.5, 0.6) is 11.5 Å². The van der Waals surface area contributed by atoms with Gasteiger partial charge in [-0.25, -0.2) is 0 Å². The summed E-state index contributed by atoms with van der Waals surface area (Å²) in [6, 6.07) is 0.343. The molecule has 3 aromatic carbocycles. The molecule has 106 heavy (non-hydrogen) atoms. The van der Waals surface area contributed by atoms with Gasteiger partial charge in [-0.2, -0.15) is 0 Å². The van der Waals surface area contributed by atoms with Gasteiger partial charge in [0, 0.05) is 55.9 Å². The van der Waals surface area contributed by atoms with Gasteiger partial charge in [-0.15, -0.1) is 0 Å². The van der Waals surface area contributed by atoms with Gasteiger partial charge in [-0.3, -0.25) is 72.3 Å². The number of aliphatic carboxylic acids is 2. The highest BCUT2D eigenvalue weighted by molar-refractivity contribution is 6.00. The van der Waals surface area contributed by atoms with Crippen LogP contribution < -0.4 is 87.2 Å². The molecule has 0 aliphatic rings. The molecule has 0 spiro atoms. The van der Waals surface area contributed by atoms with Crippen molar-refractivity contribution < 1.29 is 98.1 Å². The number of carboxylic acids is 2. The first kappa shape index (κ1) is 86.7. The number of benzene rings is 3. The number of rotatable bonds is 45. The third kappa shape index (κ3) is 29.2. The van der Waals surface area contributed by atoms with E-state index in [1.807, 2.05) is 5.32 Å². The average Bonchev–Trinajstić information content (AvgIpc) is 1.62. The molecule has 39 heteroatoms. The molecule has 0 radical (unpaired) electrons. The number of nitrogens with zero attached hydrogens (tertiary/aromatic N) is 2. The molecule has 0 bridgehead atoms. The van der Waals surface area contributed by atoms with E-state index in [1.165, 1.54) is 48.5 Å². The molecule has 0 aliphatic heterocycles. The van der Waals surface area contributed by atoms with Crippen LogP contribution in [0.1, 0.15) is 89.3 Å². The quantitative estimate of drug-likeness (QED) is 0.0111. The topological polar surface area (TPSA) is 666 Å². The minimum atomic E-state index is -1.86. The highest BCUT2D eigenvalue weighted by Crippen LogP contribution is 2.21. The maximum atomic E-state index is 15.1. The Bertz CT molecular complexity index is 3740. The minimum Gasteiger partial charge on any atom is -0.508 e. The monoisotopic (exact) mass is 1490 g/mol. The number of phenolic OH excluding ortho intramolecular Hbond substituents is 2. The fourth-order valence-corrected chi connectivity index (χ4v) is 10.4. The van der Waals surface area contributed by atoms with Crippen LogP contribution in [0, 0.1) is 5.92 Å². The number of aliphatic hydroxyl groups excluding tert-OH is 3. The number of phenols is 2. The third-order valence-electron chi connectivity index (χ3n) is 16.6. The fourth-order valence-electron chi connectivity index (χ4n) is 10.4. The second kappa shape index (κ2) is 43.4. The lowest BCUT2D eigenvalue weighted by Gasteiger charge is -2.30. The zero-order chi connectivity index (χ0) is 78.9. The van der Waals surface area contributed by atoms with E-state index in [9.17, 15) is 83.4 Å². The summed E-state index contributed by atoms with van der Waals surface area (Å²) in [6.45, 7) is 2.45. The average molecular weight is 1490 g/mol. The van der Waals surface area contributed by atoms with Crippen molar-refractivity contribution in [1.29, 1.82) is 0 Å². The van der Waals surface area contributed by atoms with Crippen LogP contribution in [0.15, 0.2) is 89.0 Å². The van der Waals surface area contributed by atoms with Crippen molar-refractivity contribution in [1.82, 2.24) is 63.5 Å². The molecule has 0 fully saturated rings. The van der Waals surface area contributed by atoms with Gasteiger partial charge in [0.25, 0.3) is 0 Å². The summed E-state index contributed by atoms with van der Waals surface area (Å²) in [4.78, 5) is 189. The minimum absolute atomic E-state index is 0.00359. The lowest BCUT2D eigenvalue weighted by atomic mass is 9.96. The lowest BCUT2D eigenvalue weighted by Crippen LogP contribution is -2.62. The van der Waals surface area contributed by atoms with Gasteiger partial charge >= 0.3 is 11.9 Å². The second-order valence-corrected chi connectivity index (χ2v) is 25.0. The molecule has 1 heterocycles. The number of hydrogen-bond acceptors (Lipinski definition) is 21. The Balaban J connectivity index is 1.65. The predicted octanol–water partition coefficient (Wildman–Crippen LogP) is -6.61. The number of carbonyl (C=O) groups is 13. The van der Waals surface area contributed by atoms with Gasteiger partial charge in [0.2, 0.25) is 65.0 Å². The van der Waals surface area contributed by atoms with Gasteiger partial charge in [0.1, 0.15) is 84.5 Å². The van der Waals surface area contributed by atoms with E-state index >= 15 is 9.59 Å². The van der Waals surface area contributed by atoms with E-state index < -0.39 is 188 Å². The molecule has 0 saturated carbocycles. The number of aromatic nitrogens is 1. The Hall–Kier alpha value is -11.7. The van der Waals surface area contributed by atoms with Crippen molar-refractivity contribution in [3.63, 3.8) is 0 Å². The van der Waals surface area contributed by atoms with E-state index in [2.05, 4.69) is 68.1 Å². The van der Waals surface area contributed by atoms with Crippen molar-refractivity contribution >= 4 is 99.7 Å². The molecule has 11 amide bonds. The molecule has 29 N–H and O–H groups in total. The number of hydrogen-bond donors (Lipinski definition) is 24. The lowest BCUT2D eigenvalue weighted by molar-refractivity contribution is -0.140. The van der Waals surface area contributed by atoms with E-state index in [-0.39, 0.29) is 87.9 Å². The maximum absolute atomic E-state index is 15.1. The Morgan fingerprint density at radius 1 is 0.472 bits per heavy atom. The van der Waals surface area contributed by atoms with E-state index in [1.54, 1.807) is 44.3 Å². The maximum Gasteiger partial charge on any atom is 0.322 e. The smallest absolute Gasteiger partial charge is 0.322 e. The van der Waals surface area contributed by atoms with Crippen molar-refractivity contribution in [2.75, 3.05) is 32.8 Å². The summed E-state index contributed by atoms with van der Waals surface area (Å²) in [5.41, 5.74) is 29.8.